The molecular weight excluding hydrogens is 242 g/mol. The summed E-state index contributed by atoms with van der Waals surface area (Å²) in [5.41, 5.74) is 3.21. The Balaban J connectivity index is 2.92. The second-order valence-electron chi connectivity index (χ2n) is 4.76. The third kappa shape index (κ3) is 4.49. The highest BCUT2D eigenvalue weighted by atomic mass is 16.5. The van der Waals surface area contributed by atoms with Crippen LogP contribution in [0.25, 0.3) is 0 Å². The number of methoxy groups -OCH3 is 2. The van der Waals surface area contributed by atoms with E-state index < -0.39 is 0 Å². The lowest BCUT2D eigenvalue weighted by Crippen LogP contribution is -2.38. The lowest BCUT2D eigenvalue weighted by molar-refractivity contribution is 0.171. The molecule has 0 amide bonds. The highest BCUT2D eigenvalue weighted by Crippen LogP contribution is 2.21. The van der Waals surface area contributed by atoms with Crippen molar-refractivity contribution < 1.29 is 14.6 Å². The van der Waals surface area contributed by atoms with Gasteiger partial charge in [-0.05, 0) is 37.1 Å². The van der Waals surface area contributed by atoms with Crippen LogP contribution in [0, 0.1) is 6.92 Å². The van der Waals surface area contributed by atoms with Crippen LogP contribution in [0.4, 0.5) is 5.69 Å². The molecule has 1 N–H and O–H groups in total. The van der Waals surface area contributed by atoms with Gasteiger partial charge in [-0.2, -0.15) is 0 Å². The topological polar surface area (TPSA) is 41.9 Å². The predicted octanol–water partition coefficient (Wildman–Crippen LogP) is 1.98. The third-order valence-corrected chi connectivity index (χ3v) is 3.30. The molecule has 1 rings (SSSR count). The lowest BCUT2D eigenvalue weighted by Gasteiger charge is -2.31. The van der Waals surface area contributed by atoms with Crippen molar-refractivity contribution in [3.63, 3.8) is 0 Å². The molecule has 0 aliphatic heterocycles. The number of anilines is 1. The Hall–Kier alpha value is -1.10. The fraction of sp³-hybridized carbons (Fsp3) is 0.600. The van der Waals surface area contributed by atoms with E-state index in [2.05, 4.69) is 17.9 Å². The number of aryl methyl sites for hydroxylation is 1. The quantitative estimate of drug-likeness (QED) is 0.782. The van der Waals surface area contributed by atoms with Crippen molar-refractivity contribution in [3.05, 3.63) is 29.3 Å². The number of nitrogens with zero attached hydrogens (tertiary/aromatic N) is 1. The molecule has 0 aliphatic carbocycles. The smallest absolute Gasteiger partial charge is 0.0684 e. The second kappa shape index (κ2) is 8.15. The summed E-state index contributed by atoms with van der Waals surface area (Å²) in [6.45, 7) is 6.40. The Morgan fingerprint density at radius 3 is 2.53 bits per heavy atom. The van der Waals surface area contributed by atoms with Gasteiger partial charge in [-0.1, -0.05) is 6.07 Å². The molecule has 0 aromatic heterocycles. The van der Waals surface area contributed by atoms with Gasteiger partial charge in [-0.15, -0.1) is 0 Å². The Labute approximate surface area is 115 Å². The maximum absolute atomic E-state index is 9.23. The Morgan fingerprint density at radius 2 is 2.00 bits per heavy atom. The van der Waals surface area contributed by atoms with Gasteiger partial charge in [-0.3, -0.25) is 0 Å². The number of aliphatic hydroxyl groups is 1. The van der Waals surface area contributed by atoms with Crippen LogP contribution in [0.3, 0.4) is 0 Å². The molecule has 108 valence electrons. The molecule has 19 heavy (non-hydrogen) atoms. The van der Waals surface area contributed by atoms with Gasteiger partial charge in [0.1, 0.15) is 0 Å². The SMILES string of the molecule is COCCN(c1ccc(CO)c(C)c1)C(C)COC. The minimum atomic E-state index is 0.0812. The van der Waals surface area contributed by atoms with E-state index in [4.69, 9.17) is 9.47 Å². The molecule has 0 radical (unpaired) electrons. The molecule has 1 aromatic carbocycles. The van der Waals surface area contributed by atoms with Crippen LogP contribution in [0.1, 0.15) is 18.1 Å². The average molecular weight is 267 g/mol. The first kappa shape index (κ1) is 16.0. The molecule has 0 heterocycles. The average Bonchev–Trinajstić information content (AvgIpc) is 2.39. The molecular formula is C15H25NO3. The number of hydrogen-bond donors (Lipinski definition) is 1. The number of hydrogen-bond acceptors (Lipinski definition) is 4. The van der Waals surface area contributed by atoms with Gasteiger partial charge in [0, 0.05) is 32.5 Å². The van der Waals surface area contributed by atoms with E-state index in [1.165, 1.54) is 0 Å². The molecule has 1 unspecified atom stereocenters. The first-order chi connectivity index (χ1) is 9.13. The van der Waals surface area contributed by atoms with Crippen molar-refractivity contribution in [2.75, 3.05) is 38.9 Å². The highest BCUT2D eigenvalue weighted by Gasteiger charge is 2.15. The Bertz CT molecular complexity index is 382. The molecule has 1 atom stereocenters. The molecule has 0 aliphatic rings. The summed E-state index contributed by atoms with van der Waals surface area (Å²) in [6, 6.07) is 6.40. The maximum Gasteiger partial charge on any atom is 0.0684 e. The van der Waals surface area contributed by atoms with Gasteiger partial charge >= 0.3 is 0 Å². The van der Waals surface area contributed by atoms with Crippen molar-refractivity contribution >= 4 is 5.69 Å². The molecule has 4 nitrogen and oxygen atoms in total. The standard InChI is InChI=1S/C15H25NO3/c1-12-9-15(6-5-14(12)10-17)16(7-8-18-3)13(2)11-19-4/h5-6,9,13,17H,7-8,10-11H2,1-4H3. The fourth-order valence-electron chi connectivity index (χ4n) is 2.16. The van der Waals surface area contributed by atoms with Gasteiger partial charge in [0.05, 0.1) is 19.8 Å². The van der Waals surface area contributed by atoms with E-state index in [0.29, 0.717) is 13.2 Å². The molecule has 0 spiro atoms. The minimum Gasteiger partial charge on any atom is -0.392 e. The van der Waals surface area contributed by atoms with E-state index >= 15 is 0 Å². The van der Waals surface area contributed by atoms with E-state index in [-0.39, 0.29) is 12.6 Å². The van der Waals surface area contributed by atoms with Crippen molar-refractivity contribution in [3.8, 4) is 0 Å². The third-order valence-electron chi connectivity index (χ3n) is 3.30. The monoisotopic (exact) mass is 267 g/mol. The number of benzene rings is 1. The summed E-state index contributed by atoms with van der Waals surface area (Å²) in [6.07, 6.45) is 0. The highest BCUT2D eigenvalue weighted by molar-refractivity contribution is 5.51. The number of aliphatic hydroxyl groups excluding tert-OH is 1. The van der Waals surface area contributed by atoms with Crippen LogP contribution in [-0.2, 0) is 16.1 Å². The normalized spacial score (nSPS) is 12.5. The van der Waals surface area contributed by atoms with Crippen LogP contribution < -0.4 is 4.90 Å². The molecule has 0 fully saturated rings. The first-order valence-corrected chi connectivity index (χ1v) is 6.59. The van der Waals surface area contributed by atoms with Crippen LogP contribution >= 0.6 is 0 Å². The van der Waals surface area contributed by atoms with Crippen molar-refractivity contribution in [1.82, 2.24) is 0 Å². The van der Waals surface area contributed by atoms with Gasteiger partial charge in [0.15, 0.2) is 0 Å². The summed E-state index contributed by atoms with van der Waals surface area (Å²) < 4.78 is 10.4. The summed E-state index contributed by atoms with van der Waals surface area (Å²) in [4.78, 5) is 2.27. The van der Waals surface area contributed by atoms with Crippen molar-refractivity contribution in [1.29, 1.82) is 0 Å². The lowest BCUT2D eigenvalue weighted by atomic mass is 10.1. The summed E-state index contributed by atoms with van der Waals surface area (Å²) >= 11 is 0. The summed E-state index contributed by atoms with van der Waals surface area (Å²) in [5, 5.41) is 9.23. The minimum absolute atomic E-state index is 0.0812. The zero-order valence-corrected chi connectivity index (χ0v) is 12.3. The molecule has 0 bridgehead atoms. The predicted molar refractivity (Wildman–Crippen MR) is 77.7 cm³/mol. The maximum atomic E-state index is 9.23. The van der Waals surface area contributed by atoms with Gasteiger partial charge in [-0.25, -0.2) is 0 Å². The van der Waals surface area contributed by atoms with Crippen molar-refractivity contribution in [2.45, 2.75) is 26.5 Å². The molecule has 0 saturated heterocycles. The first-order valence-electron chi connectivity index (χ1n) is 6.59. The fourth-order valence-corrected chi connectivity index (χ4v) is 2.16. The van der Waals surface area contributed by atoms with Gasteiger partial charge < -0.3 is 19.5 Å². The summed E-state index contributed by atoms with van der Waals surface area (Å²) in [5.74, 6) is 0. The van der Waals surface area contributed by atoms with Crippen LogP contribution in [0.5, 0.6) is 0 Å². The zero-order chi connectivity index (χ0) is 14.3. The van der Waals surface area contributed by atoms with Crippen LogP contribution in [0.15, 0.2) is 18.2 Å². The van der Waals surface area contributed by atoms with E-state index in [1.54, 1.807) is 14.2 Å². The number of rotatable bonds is 8. The van der Waals surface area contributed by atoms with Gasteiger partial charge in [0.2, 0.25) is 0 Å². The largest absolute Gasteiger partial charge is 0.392 e. The van der Waals surface area contributed by atoms with Crippen molar-refractivity contribution in [2.24, 2.45) is 0 Å². The van der Waals surface area contributed by atoms with Crippen LogP contribution in [-0.4, -0.2) is 45.1 Å². The molecule has 1 aromatic rings. The van der Waals surface area contributed by atoms with E-state index in [9.17, 15) is 5.11 Å². The van der Waals surface area contributed by atoms with E-state index in [1.807, 2.05) is 19.1 Å². The summed E-state index contributed by atoms with van der Waals surface area (Å²) in [7, 11) is 3.42. The second-order valence-corrected chi connectivity index (χ2v) is 4.76. The Kier molecular flexibility index (Phi) is 6.84. The molecule has 4 heteroatoms. The Morgan fingerprint density at radius 1 is 1.26 bits per heavy atom. The van der Waals surface area contributed by atoms with Crippen LogP contribution in [0.2, 0.25) is 0 Å². The van der Waals surface area contributed by atoms with E-state index in [0.717, 1.165) is 23.4 Å². The number of ether oxygens (including phenoxy) is 2. The zero-order valence-electron chi connectivity index (χ0n) is 12.3. The molecule has 0 saturated carbocycles. The van der Waals surface area contributed by atoms with Gasteiger partial charge in [0.25, 0.3) is 0 Å².